The molecular weight excluding hydrogens is 168 g/mol. The van der Waals surface area contributed by atoms with Crippen LogP contribution in [-0.4, -0.2) is 6.16 Å². The third kappa shape index (κ3) is 49.4. The van der Waals surface area contributed by atoms with E-state index in [2.05, 4.69) is 0 Å². The average Bonchev–Trinajstić information content (AvgIpc) is 0.811. The summed E-state index contributed by atoms with van der Waals surface area (Å²) in [6, 6.07) is 0. The Labute approximate surface area is 170 Å². The minimum Gasteiger partial charge on any atom is -1.00 e. The van der Waals surface area contributed by atoms with E-state index in [4.69, 9.17) is 15.0 Å². The Morgan fingerprint density at radius 1 is 1.25 bits per heavy atom. The summed E-state index contributed by atoms with van der Waals surface area (Å²) in [7, 11) is 0. The number of hydrogen-bond donors (Lipinski definition) is 0. The van der Waals surface area contributed by atoms with Gasteiger partial charge in [-0.15, -0.1) is 0 Å². The maximum absolute atomic E-state index is 8.33. The first-order valence-electron chi connectivity index (χ1n) is 0.612. The molecule has 0 aliphatic rings. The molecule has 0 aromatic carbocycles. The molecule has 0 bridgehead atoms. The molecule has 0 saturated heterocycles. The van der Waals surface area contributed by atoms with Gasteiger partial charge in [-0.2, -0.15) is 0 Å². The van der Waals surface area contributed by atoms with Gasteiger partial charge in [0.05, 0.1) is 0 Å². The van der Waals surface area contributed by atoms with E-state index in [1.54, 1.807) is 0 Å². The van der Waals surface area contributed by atoms with E-state index in [1.165, 1.54) is 0 Å². The van der Waals surface area contributed by atoms with Crippen molar-refractivity contribution in [2.45, 2.75) is 0 Å². The van der Waals surface area contributed by atoms with Gasteiger partial charge in [-0.3, -0.25) is 0 Å². The molecule has 0 rings (SSSR count). The zero-order valence-electron chi connectivity index (χ0n) is 7.72. The molecule has 0 N–H and O–H groups in total. The van der Waals surface area contributed by atoms with Crippen LogP contribution in [0.4, 0.5) is 4.79 Å². The van der Waals surface area contributed by atoms with E-state index in [1.807, 2.05) is 0 Å². The molecule has 0 aromatic rings. The maximum atomic E-state index is 8.33. The van der Waals surface area contributed by atoms with Crippen LogP contribution in [0.3, 0.4) is 0 Å². The zero-order chi connectivity index (χ0) is 3.58. The quantitative estimate of drug-likeness (QED) is 0.339. The number of carbonyl (C=O) groups is 1. The maximum Gasteiger partial charge on any atom is 1.00 e. The van der Waals surface area contributed by atoms with E-state index in [-0.39, 0.29) is 154 Å². The van der Waals surface area contributed by atoms with Crippen LogP contribution >= 0.6 is 0 Å². The fourth-order valence-electron chi connectivity index (χ4n) is 0. The number of rotatable bonds is 0. The molecule has 0 fully saturated rings. The van der Waals surface area contributed by atoms with Gasteiger partial charge in [-0.25, -0.2) is 0 Å². The Morgan fingerprint density at radius 2 is 1.25 bits per heavy atom. The first-order valence-corrected chi connectivity index (χ1v) is 0.612. The molecular formula is CH2K2LiNaO3. The summed E-state index contributed by atoms with van der Waals surface area (Å²) in [6.45, 7) is 0. The van der Waals surface area contributed by atoms with Crippen LogP contribution < -0.4 is 161 Å². The van der Waals surface area contributed by atoms with E-state index >= 15 is 0 Å². The van der Waals surface area contributed by atoms with Crippen LogP contribution in [0.25, 0.3) is 0 Å². The fraction of sp³-hybridized carbons (Fsp3) is 0. The second kappa shape index (κ2) is 22.5. The monoisotopic (exact) mass is 170 g/mol. The molecule has 0 aliphatic carbocycles. The van der Waals surface area contributed by atoms with Crippen LogP contribution in [0.1, 0.15) is 2.85 Å². The summed E-state index contributed by atoms with van der Waals surface area (Å²) >= 11 is 0. The standard InChI is InChI=1S/CH2O3.2K.Li.Na.2H/c2-1(3)4;;;;;;/h(H2,2,3,4);;;;;;/q;4*+1;2*-1/p-2. The Balaban J connectivity index is -0.00000000300. The minimum atomic E-state index is -2.33. The van der Waals surface area contributed by atoms with Crippen LogP contribution in [-0.2, 0) is 0 Å². The molecule has 0 aliphatic heterocycles. The molecule has 0 spiro atoms. The van der Waals surface area contributed by atoms with E-state index < -0.39 is 6.16 Å². The van der Waals surface area contributed by atoms with Crippen molar-refractivity contribution in [2.24, 2.45) is 0 Å². The van der Waals surface area contributed by atoms with E-state index in [0.717, 1.165) is 0 Å². The van der Waals surface area contributed by atoms with Gasteiger partial charge in [0.15, 0.2) is 0 Å². The normalized spacial score (nSPS) is 3.00. The number of carbonyl (C=O) groups excluding carboxylic acids is 1. The Bertz CT molecular complexity index is 47.5. The molecule has 0 radical (unpaired) electrons. The average molecular weight is 170 g/mol. The van der Waals surface area contributed by atoms with Crippen molar-refractivity contribution in [3.63, 3.8) is 0 Å². The van der Waals surface area contributed by atoms with Gasteiger partial charge < -0.3 is 17.9 Å². The number of carboxylic acid groups (broad SMARTS) is 2. The smallest absolute Gasteiger partial charge is 1.00 e. The van der Waals surface area contributed by atoms with Crippen molar-refractivity contribution in [3.05, 3.63) is 0 Å². The molecule has 7 heteroatoms. The van der Waals surface area contributed by atoms with Crippen molar-refractivity contribution < 1.29 is 169 Å². The molecule has 0 unspecified atom stereocenters. The minimum absolute atomic E-state index is 0. The zero-order valence-corrected chi connectivity index (χ0v) is 14.0. The molecule has 3 nitrogen and oxygen atoms in total. The molecule has 0 amide bonds. The summed E-state index contributed by atoms with van der Waals surface area (Å²) in [4.78, 5) is 8.33. The van der Waals surface area contributed by atoms with Crippen molar-refractivity contribution in [2.75, 3.05) is 0 Å². The predicted octanol–water partition coefficient (Wildman–Crippen LogP) is -14.2. The van der Waals surface area contributed by atoms with Gasteiger partial charge in [0.2, 0.25) is 0 Å². The number of hydrogen-bond acceptors (Lipinski definition) is 3. The van der Waals surface area contributed by atoms with Gasteiger partial charge >= 0.3 is 151 Å². The summed E-state index contributed by atoms with van der Waals surface area (Å²) in [5.41, 5.74) is 0. The summed E-state index contributed by atoms with van der Waals surface area (Å²) in [5.74, 6) is 0. The fourth-order valence-corrected chi connectivity index (χ4v) is 0. The topological polar surface area (TPSA) is 63.2 Å². The van der Waals surface area contributed by atoms with Gasteiger partial charge in [-0.05, 0) is 6.16 Å². The molecule has 8 heavy (non-hydrogen) atoms. The second-order valence-electron chi connectivity index (χ2n) is 0.250. The predicted molar refractivity (Wildman–Crippen MR) is 7.62 cm³/mol. The second-order valence-corrected chi connectivity index (χ2v) is 0.250. The van der Waals surface area contributed by atoms with E-state index in [9.17, 15) is 0 Å². The van der Waals surface area contributed by atoms with Crippen molar-refractivity contribution in [1.82, 2.24) is 0 Å². The van der Waals surface area contributed by atoms with Crippen LogP contribution in [0.15, 0.2) is 0 Å². The van der Waals surface area contributed by atoms with Gasteiger partial charge in [0.1, 0.15) is 0 Å². The third-order valence-electron chi connectivity index (χ3n) is 0. The summed E-state index contributed by atoms with van der Waals surface area (Å²) in [5, 5.41) is 16.7. The first kappa shape index (κ1) is 29.6. The van der Waals surface area contributed by atoms with Crippen LogP contribution in [0, 0.1) is 0 Å². The Morgan fingerprint density at radius 3 is 1.25 bits per heavy atom. The molecule has 0 saturated carbocycles. The molecule has 0 atom stereocenters. The van der Waals surface area contributed by atoms with Crippen molar-refractivity contribution in [3.8, 4) is 0 Å². The SMILES string of the molecule is O=C([O-])[O-].[H-].[H-].[K+].[K+].[Li+].[Na+]. The molecule has 28 valence electrons. The largest absolute Gasteiger partial charge is 1.00 e. The van der Waals surface area contributed by atoms with Gasteiger partial charge in [-0.1, -0.05) is 0 Å². The summed E-state index contributed by atoms with van der Waals surface area (Å²) in [6.07, 6.45) is -2.33. The Hall–Kier alpha value is 4.14. The third-order valence-corrected chi connectivity index (χ3v) is 0. The van der Waals surface area contributed by atoms with Crippen LogP contribution in [0.2, 0.25) is 0 Å². The molecule has 0 heterocycles. The first-order chi connectivity index (χ1) is 1.73. The van der Waals surface area contributed by atoms with Gasteiger partial charge in [0, 0.05) is 0 Å². The van der Waals surface area contributed by atoms with E-state index in [0.29, 0.717) is 0 Å². The molecule has 0 aromatic heterocycles. The van der Waals surface area contributed by atoms with Crippen LogP contribution in [0.5, 0.6) is 0 Å². The Kier molecular flexibility index (Phi) is 83.0. The van der Waals surface area contributed by atoms with Crippen molar-refractivity contribution >= 4 is 6.16 Å². The van der Waals surface area contributed by atoms with Crippen molar-refractivity contribution in [1.29, 1.82) is 0 Å². The summed E-state index contributed by atoms with van der Waals surface area (Å²) < 4.78 is 0. The van der Waals surface area contributed by atoms with Gasteiger partial charge in [0.25, 0.3) is 0 Å².